The third-order valence-corrected chi connectivity index (χ3v) is 5.54. The summed E-state index contributed by atoms with van der Waals surface area (Å²) in [6.45, 7) is 0.240. The number of methoxy groups -OCH3 is 1. The second kappa shape index (κ2) is 8.50. The van der Waals surface area contributed by atoms with E-state index in [-0.39, 0.29) is 31.5 Å². The number of rotatable bonds is 7. The molecule has 8 heteroatoms. The van der Waals surface area contributed by atoms with Crippen LogP contribution in [0.3, 0.4) is 0 Å². The average Bonchev–Trinajstić information content (AvgIpc) is 2.88. The molecule has 3 rings (SSSR count). The molecule has 28 heavy (non-hydrogen) atoms. The first-order chi connectivity index (χ1) is 13.5. The van der Waals surface area contributed by atoms with E-state index in [1.807, 2.05) is 12.1 Å². The lowest BCUT2D eigenvalue weighted by molar-refractivity contribution is -0.137. The van der Waals surface area contributed by atoms with E-state index in [0.717, 1.165) is 24.2 Å². The van der Waals surface area contributed by atoms with Gasteiger partial charge in [-0.3, -0.25) is 14.5 Å². The van der Waals surface area contributed by atoms with E-state index in [4.69, 9.17) is 9.47 Å². The maximum absolute atomic E-state index is 12.9. The summed E-state index contributed by atoms with van der Waals surface area (Å²) in [5, 5.41) is 2.70. The van der Waals surface area contributed by atoms with Gasteiger partial charge in [-0.2, -0.15) is 0 Å². The molecule has 0 unspecified atom stereocenters. The van der Waals surface area contributed by atoms with E-state index in [2.05, 4.69) is 5.32 Å². The number of imide groups is 1. The van der Waals surface area contributed by atoms with Gasteiger partial charge in [0.2, 0.25) is 5.91 Å². The van der Waals surface area contributed by atoms with Crippen molar-refractivity contribution in [1.29, 1.82) is 0 Å². The Kier molecular flexibility index (Phi) is 6.06. The van der Waals surface area contributed by atoms with Crippen molar-refractivity contribution >= 4 is 17.8 Å². The van der Waals surface area contributed by atoms with Gasteiger partial charge >= 0.3 is 6.03 Å². The maximum Gasteiger partial charge on any atom is 0.327 e. The number of nitrogens with one attached hydrogen (secondary N) is 1. The van der Waals surface area contributed by atoms with E-state index >= 15 is 0 Å². The van der Waals surface area contributed by atoms with Crippen LogP contribution in [0.4, 0.5) is 4.79 Å². The van der Waals surface area contributed by atoms with Crippen molar-refractivity contribution in [2.24, 2.45) is 0 Å². The normalized spacial score (nSPS) is 18.5. The van der Waals surface area contributed by atoms with Crippen LogP contribution in [0.5, 0.6) is 11.5 Å². The Morgan fingerprint density at radius 3 is 2.50 bits per heavy atom. The number of carbonyl (C=O) groups is 3. The predicted octanol–water partition coefficient (Wildman–Crippen LogP) is 1.79. The number of para-hydroxylation sites is 2. The number of likely N-dealkylation sites (N-methyl/N-ethyl adjacent to an activating group) is 1. The molecular formula is C20H27N3O5. The molecule has 152 valence electrons. The van der Waals surface area contributed by atoms with E-state index in [1.165, 1.54) is 4.90 Å². The highest BCUT2D eigenvalue weighted by molar-refractivity contribution is 6.08. The van der Waals surface area contributed by atoms with Gasteiger partial charge in [-0.25, -0.2) is 4.79 Å². The van der Waals surface area contributed by atoms with Crippen LogP contribution in [0.25, 0.3) is 0 Å². The molecule has 1 spiro atoms. The van der Waals surface area contributed by atoms with Crippen LogP contribution in [0.15, 0.2) is 24.3 Å². The highest BCUT2D eigenvalue weighted by Gasteiger charge is 2.55. The monoisotopic (exact) mass is 389 g/mol. The molecule has 0 radical (unpaired) electrons. The van der Waals surface area contributed by atoms with Crippen molar-refractivity contribution in [1.82, 2.24) is 15.1 Å². The number of carbonyl (C=O) groups excluding carboxylic acids is 3. The Labute approximate surface area is 164 Å². The van der Waals surface area contributed by atoms with Gasteiger partial charge in [0.15, 0.2) is 11.5 Å². The maximum atomic E-state index is 12.9. The first kappa shape index (κ1) is 20.0. The lowest BCUT2D eigenvalue weighted by atomic mass is 9.81. The van der Waals surface area contributed by atoms with Crippen LogP contribution in [0.2, 0.25) is 0 Å². The smallest absolute Gasteiger partial charge is 0.327 e. The van der Waals surface area contributed by atoms with Crippen molar-refractivity contribution in [3.63, 3.8) is 0 Å². The van der Waals surface area contributed by atoms with E-state index < -0.39 is 11.6 Å². The third kappa shape index (κ3) is 3.76. The second-order valence-electron chi connectivity index (χ2n) is 7.17. The number of hydrogen-bond acceptors (Lipinski definition) is 5. The molecule has 1 saturated carbocycles. The van der Waals surface area contributed by atoms with Crippen molar-refractivity contribution in [3.05, 3.63) is 24.3 Å². The zero-order valence-electron chi connectivity index (χ0n) is 16.4. The van der Waals surface area contributed by atoms with Gasteiger partial charge in [0.25, 0.3) is 5.91 Å². The summed E-state index contributed by atoms with van der Waals surface area (Å²) < 4.78 is 10.8. The van der Waals surface area contributed by atoms with Gasteiger partial charge in [-0.1, -0.05) is 31.4 Å². The van der Waals surface area contributed by atoms with Gasteiger partial charge in [-0.15, -0.1) is 0 Å². The molecule has 1 aromatic carbocycles. The summed E-state index contributed by atoms with van der Waals surface area (Å²) in [4.78, 5) is 40.2. The molecule has 0 bridgehead atoms. The van der Waals surface area contributed by atoms with Crippen LogP contribution < -0.4 is 14.8 Å². The lowest BCUT2D eigenvalue weighted by Gasteiger charge is -2.35. The summed E-state index contributed by atoms with van der Waals surface area (Å²) in [6, 6.07) is 6.84. The summed E-state index contributed by atoms with van der Waals surface area (Å²) >= 11 is 0. The molecule has 1 aromatic rings. The number of urea groups is 1. The van der Waals surface area contributed by atoms with Gasteiger partial charge in [-0.05, 0) is 25.0 Å². The van der Waals surface area contributed by atoms with E-state index in [0.29, 0.717) is 24.3 Å². The SMILES string of the molecule is COc1ccccc1OCCNC(=O)CN1C(=O)N(C)C2(CCCCC2)C1=O. The highest BCUT2D eigenvalue weighted by Crippen LogP contribution is 2.39. The quantitative estimate of drug-likeness (QED) is 0.567. The number of benzene rings is 1. The molecule has 4 amide bonds. The summed E-state index contributed by atoms with van der Waals surface area (Å²) in [7, 11) is 3.22. The van der Waals surface area contributed by atoms with Crippen LogP contribution >= 0.6 is 0 Å². The molecule has 1 heterocycles. The first-order valence-electron chi connectivity index (χ1n) is 9.62. The Morgan fingerprint density at radius 1 is 1.14 bits per heavy atom. The standard InChI is InChI=1S/C20H27N3O5/c1-22-19(26)23(18(25)20(22)10-6-3-7-11-20)14-17(24)21-12-13-28-16-9-5-4-8-15(16)27-2/h4-5,8-9H,3,6-7,10-14H2,1-2H3,(H,21,24). The minimum Gasteiger partial charge on any atom is -0.493 e. The van der Waals surface area contributed by atoms with Crippen molar-refractivity contribution in [3.8, 4) is 11.5 Å². The van der Waals surface area contributed by atoms with Gasteiger partial charge < -0.3 is 19.7 Å². The summed E-state index contributed by atoms with van der Waals surface area (Å²) in [5.74, 6) is 0.569. The number of ether oxygens (including phenoxy) is 2. The molecule has 1 aliphatic heterocycles. The molecule has 2 fully saturated rings. The molecule has 8 nitrogen and oxygen atoms in total. The predicted molar refractivity (Wildman–Crippen MR) is 102 cm³/mol. The number of hydrogen-bond donors (Lipinski definition) is 1. The zero-order chi connectivity index (χ0) is 20.1. The Morgan fingerprint density at radius 2 is 1.82 bits per heavy atom. The molecular weight excluding hydrogens is 362 g/mol. The summed E-state index contributed by atoms with van der Waals surface area (Å²) in [5.41, 5.74) is -0.761. The minimum absolute atomic E-state index is 0.248. The van der Waals surface area contributed by atoms with Crippen LogP contribution in [-0.4, -0.2) is 67.0 Å². The van der Waals surface area contributed by atoms with Gasteiger partial charge in [0, 0.05) is 7.05 Å². The molecule has 0 aromatic heterocycles. The third-order valence-electron chi connectivity index (χ3n) is 5.54. The number of nitrogens with zero attached hydrogens (tertiary/aromatic N) is 2. The minimum atomic E-state index is -0.761. The fourth-order valence-corrected chi connectivity index (χ4v) is 3.96. The van der Waals surface area contributed by atoms with Crippen molar-refractivity contribution < 1.29 is 23.9 Å². The van der Waals surface area contributed by atoms with Crippen molar-refractivity contribution in [2.75, 3.05) is 33.9 Å². The lowest BCUT2D eigenvalue weighted by Crippen LogP contribution is -2.49. The zero-order valence-corrected chi connectivity index (χ0v) is 16.4. The summed E-state index contributed by atoms with van der Waals surface area (Å²) in [6.07, 6.45) is 4.25. The number of amides is 4. The van der Waals surface area contributed by atoms with Crippen LogP contribution in [0.1, 0.15) is 32.1 Å². The van der Waals surface area contributed by atoms with Crippen LogP contribution in [-0.2, 0) is 9.59 Å². The Hall–Kier alpha value is -2.77. The molecule has 0 atom stereocenters. The fraction of sp³-hybridized carbons (Fsp3) is 0.550. The van der Waals surface area contributed by atoms with Crippen molar-refractivity contribution in [2.45, 2.75) is 37.6 Å². The van der Waals surface area contributed by atoms with Crippen LogP contribution in [0, 0.1) is 0 Å². The van der Waals surface area contributed by atoms with Gasteiger partial charge in [0.05, 0.1) is 13.7 Å². The molecule has 1 saturated heterocycles. The molecule has 2 aliphatic rings. The largest absolute Gasteiger partial charge is 0.493 e. The van der Waals surface area contributed by atoms with Gasteiger partial charge in [0.1, 0.15) is 18.7 Å². The second-order valence-corrected chi connectivity index (χ2v) is 7.17. The highest BCUT2D eigenvalue weighted by atomic mass is 16.5. The van der Waals surface area contributed by atoms with E-state index in [1.54, 1.807) is 26.3 Å². The fourth-order valence-electron chi connectivity index (χ4n) is 3.96. The topological polar surface area (TPSA) is 88.2 Å². The molecule has 1 aliphatic carbocycles. The average molecular weight is 389 g/mol. The van der Waals surface area contributed by atoms with E-state index in [9.17, 15) is 14.4 Å². The molecule has 1 N–H and O–H groups in total. The Balaban J connectivity index is 1.49. The first-order valence-corrected chi connectivity index (χ1v) is 9.62. The Bertz CT molecular complexity index is 745.